The van der Waals surface area contributed by atoms with Crippen molar-refractivity contribution in [2.75, 3.05) is 37.8 Å². The minimum absolute atomic E-state index is 0.107. The molecule has 0 radical (unpaired) electrons. The highest BCUT2D eigenvalue weighted by Gasteiger charge is 2.17. The van der Waals surface area contributed by atoms with Crippen LogP contribution >= 0.6 is 21.6 Å². The van der Waals surface area contributed by atoms with Crippen LogP contribution in [0.15, 0.2) is 0 Å². The zero-order valence-corrected chi connectivity index (χ0v) is 18.5. The van der Waals surface area contributed by atoms with Gasteiger partial charge >= 0.3 is 0 Å². The number of amides is 4. The molecule has 0 aliphatic carbocycles. The lowest BCUT2D eigenvalue weighted by molar-refractivity contribution is -0.129. The SMILES string of the molecule is O=C(CSSCC(=O)NCC(=O)N[C@@H]1CCCCO1)NCC(=O)N[C@H]1CCCCO1. The minimum atomic E-state index is -0.292. The molecule has 0 aromatic carbocycles. The fraction of sp³-hybridized carbons (Fsp3) is 0.778. The van der Waals surface area contributed by atoms with Gasteiger partial charge in [-0.05, 0) is 38.5 Å². The van der Waals surface area contributed by atoms with Crippen molar-refractivity contribution in [3.8, 4) is 0 Å². The van der Waals surface area contributed by atoms with Crippen molar-refractivity contribution in [2.45, 2.75) is 51.0 Å². The number of rotatable bonds is 11. The van der Waals surface area contributed by atoms with E-state index in [0.29, 0.717) is 13.2 Å². The van der Waals surface area contributed by atoms with Crippen molar-refractivity contribution in [3.63, 3.8) is 0 Å². The molecule has 12 heteroatoms. The molecule has 10 nitrogen and oxygen atoms in total. The van der Waals surface area contributed by atoms with E-state index in [0.717, 1.165) is 38.5 Å². The zero-order chi connectivity index (χ0) is 21.6. The third-order valence-electron chi connectivity index (χ3n) is 4.36. The van der Waals surface area contributed by atoms with Gasteiger partial charge in [0, 0.05) is 13.2 Å². The molecular weight excluding hydrogens is 432 g/mol. The van der Waals surface area contributed by atoms with Gasteiger partial charge in [0.1, 0.15) is 12.5 Å². The van der Waals surface area contributed by atoms with Crippen molar-refractivity contribution in [2.24, 2.45) is 0 Å². The Hall–Kier alpha value is -1.50. The summed E-state index contributed by atoms with van der Waals surface area (Å²) >= 11 is 0. The van der Waals surface area contributed by atoms with Crippen LogP contribution in [0, 0.1) is 0 Å². The molecular formula is C18H30N4O6S2. The summed E-state index contributed by atoms with van der Waals surface area (Å²) in [6.45, 7) is 1.06. The molecule has 30 heavy (non-hydrogen) atoms. The second kappa shape index (κ2) is 14.5. The first-order valence-electron chi connectivity index (χ1n) is 10.1. The summed E-state index contributed by atoms with van der Waals surface area (Å²) in [5.74, 6) is -0.928. The Morgan fingerprint density at radius 3 is 1.47 bits per heavy atom. The molecule has 2 aliphatic rings. The van der Waals surface area contributed by atoms with Crippen LogP contribution in [0.3, 0.4) is 0 Å². The van der Waals surface area contributed by atoms with E-state index in [2.05, 4.69) is 21.3 Å². The van der Waals surface area contributed by atoms with Crippen LogP contribution in [0.1, 0.15) is 38.5 Å². The Morgan fingerprint density at radius 1 is 0.667 bits per heavy atom. The Bertz CT molecular complexity index is 533. The lowest BCUT2D eigenvalue weighted by Crippen LogP contribution is -2.44. The average Bonchev–Trinajstić information content (AvgIpc) is 2.75. The molecule has 0 spiro atoms. The predicted molar refractivity (Wildman–Crippen MR) is 114 cm³/mol. The summed E-state index contributed by atoms with van der Waals surface area (Å²) in [7, 11) is 2.41. The third kappa shape index (κ3) is 11.0. The predicted octanol–water partition coefficient (Wildman–Crippen LogP) is -0.114. The van der Waals surface area contributed by atoms with Crippen molar-refractivity contribution in [1.29, 1.82) is 0 Å². The molecule has 4 N–H and O–H groups in total. The van der Waals surface area contributed by atoms with Gasteiger partial charge in [0.15, 0.2) is 0 Å². The van der Waals surface area contributed by atoms with Crippen LogP contribution in [0.2, 0.25) is 0 Å². The molecule has 2 atom stereocenters. The molecule has 0 saturated carbocycles. The monoisotopic (exact) mass is 462 g/mol. The van der Waals surface area contributed by atoms with Crippen LogP contribution in [-0.4, -0.2) is 73.9 Å². The van der Waals surface area contributed by atoms with E-state index in [9.17, 15) is 19.2 Å². The number of ether oxygens (including phenoxy) is 2. The van der Waals surface area contributed by atoms with Crippen LogP contribution in [0.4, 0.5) is 0 Å². The summed E-state index contributed by atoms with van der Waals surface area (Å²) in [5.41, 5.74) is 0. The number of carbonyl (C=O) groups is 4. The first-order chi connectivity index (χ1) is 14.5. The fourth-order valence-corrected chi connectivity index (χ4v) is 4.55. The standard InChI is InChI=1S/C18H30N4O6S2/c23-13(21-17-5-1-3-7-27-17)9-19-15(25)11-29-30-12-16(26)20-10-14(24)22-18-6-2-4-8-28-18/h17-18H,1-12H2,(H,19,25)(H,20,26)(H,21,23)(H,22,24)/t17-,18+. The van der Waals surface area contributed by atoms with Crippen LogP contribution < -0.4 is 21.3 Å². The average molecular weight is 463 g/mol. The Morgan fingerprint density at radius 2 is 1.10 bits per heavy atom. The largest absolute Gasteiger partial charge is 0.359 e. The van der Waals surface area contributed by atoms with Gasteiger partial charge in [-0.25, -0.2) is 0 Å². The summed E-state index contributed by atoms with van der Waals surface area (Å²) in [6, 6.07) is 0. The maximum absolute atomic E-state index is 11.8. The van der Waals surface area contributed by atoms with E-state index in [4.69, 9.17) is 9.47 Å². The molecule has 2 fully saturated rings. The van der Waals surface area contributed by atoms with Crippen LogP contribution in [0.25, 0.3) is 0 Å². The summed E-state index contributed by atoms with van der Waals surface area (Å²) in [5, 5.41) is 10.5. The smallest absolute Gasteiger partial charge is 0.241 e. The number of hydrogen-bond acceptors (Lipinski definition) is 8. The lowest BCUT2D eigenvalue weighted by Gasteiger charge is -2.23. The molecule has 0 bridgehead atoms. The summed E-state index contributed by atoms with van der Waals surface area (Å²) in [4.78, 5) is 47.1. The summed E-state index contributed by atoms with van der Waals surface area (Å²) in [6.07, 6.45) is 5.04. The maximum Gasteiger partial charge on any atom is 0.241 e. The Balaban J connectivity index is 1.44. The second-order valence-corrected chi connectivity index (χ2v) is 9.39. The molecule has 2 rings (SSSR count). The highest BCUT2D eigenvalue weighted by Crippen LogP contribution is 2.20. The number of nitrogens with one attached hydrogen (secondary N) is 4. The maximum atomic E-state index is 11.8. The molecule has 0 aromatic heterocycles. The molecule has 2 saturated heterocycles. The first-order valence-corrected chi connectivity index (χ1v) is 12.6. The lowest BCUT2D eigenvalue weighted by atomic mass is 10.2. The topological polar surface area (TPSA) is 135 Å². The van der Waals surface area contributed by atoms with E-state index in [-0.39, 0.29) is 60.7 Å². The van der Waals surface area contributed by atoms with E-state index >= 15 is 0 Å². The second-order valence-electron chi connectivity index (χ2n) is 6.92. The quantitative estimate of drug-likeness (QED) is 0.247. The van der Waals surface area contributed by atoms with Gasteiger partial charge < -0.3 is 30.7 Å². The molecule has 4 amide bonds. The van der Waals surface area contributed by atoms with Gasteiger partial charge in [0.05, 0.1) is 24.6 Å². The highest BCUT2D eigenvalue weighted by molar-refractivity contribution is 8.77. The zero-order valence-electron chi connectivity index (χ0n) is 16.9. The molecule has 0 aromatic rings. The first kappa shape index (κ1) is 24.8. The van der Waals surface area contributed by atoms with Gasteiger partial charge in [0.25, 0.3) is 0 Å². The Labute approximate surface area is 184 Å². The molecule has 2 heterocycles. The molecule has 2 aliphatic heterocycles. The van der Waals surface area contributed by atoms with Gasteiger partial charge in [-0.3, -0.25) is 19.2 Å². The van der Waals surface area contributed by atoms with Crippen LogP contribution in [0.5, 0.6) is 0 Å². The van der Waals surface area contributed by atoms with E-state index in [1.54, 1.807) is 0 Å². The minimum Gasteiger partial charge on any atom is -0.359 e. The van der Waals surface area contributed by atoms with E-state index in [1.165, 1.54) is 21.6 Å². The number of carbonyl (C=O) groups excluding carboxylic acids is 4. The van der Waals surface area contributed by atoms with Gasteiger partial charge in [-0.15, -0.1) is 0 Å². The molecule has 170 valence electrons. The Kier molecular flexibility index (Phi) is 12.0. The summed E-state index contributed by atoms with van der Waals surface area (Å²) < 4.78 is 10.8. The van der Waals surface area contributed by atoms with Gasteiger partial charge in [0.2, 0.25) is 23.6 Å². The van der Waals surface area contributed by atoms with Crippen molar-refractivity contribution >= 4 is 45.2 Å². The van der Waals surface area contributed by atoms with Crippen molar-refractivity contribution in [1.82, 2.24) is 21.3 Å². The fourth-order valence-electron chi connectivity index (χ4n) is 2.82. The van der Waals surface area contributed by atoms with Crippen LogP contribution in [-0.2, 0) is 28.7 Å². The van der Waals surface area contributed by atoms with E-state index < -0.39 is 0 Å². The van der Waals surface area contributed by atoms with Crippen molar-refractivity contribution < 1.29 is 28.7 Å². The third-order valence-corrected chi connectivity index (χ3v) is 6.49. The number of hydrogen-bond donors (Lipinski definition) is 4. The normalized spacial score (nSPS) is 21.3. The van der Waals surface area contributed by atoms with Crippen molar-refractivity contribution in [3.05, 3.63) is 0 Å². The van der Waals surface area contributed by atoms with E-state index in [1.807, 2.05) is 0 Å². The van der Waals surface area contributed by atoms with Gasteiger partial charge in [-0.1, -0.05) is 21.6 Å². The molecule has 0 unspecified atom stereocenters. The van der Waals surface area contributed by atoms with Gasteiger partial charge in [-0.2, -0.15) is 0 Å². The highest BCUT2D eigenvalue weighted by atomic mass is 33.1.